The number of nitrogens with two attached hydrogens (primary N) is 1. The van der Waals surface area contributed by atoms with Gasteiger partial charge in [0.25, 0.3) is 5.69 Å². The molecule has 3 N–H and O–H groups in total. The van der Waals surface area contributed by atoms with Crippen molar-refractivity contribution >= 4 is 35.6 Å². The van der Waals surface area contributed by atoms with Gasteiger partial charge in [-0.05, 0) is 23.3 Å². The van der Waals surface area contributed by atoms with E-state index in [9.17, 15) is 10.1 Å². The molecule has 0 fully saturated rings. The van der Waals surface area contributed by atoms with Gasteiger partial charge in [0.05, 0.1) is 25.7 Å². The topological polar surface area (TPSA) is 112 Å². The van der Waals surface area contributed by atoms with E-state index in [1.807, 2.05) is 18.2 Å². The van der Waals surface area contributed by atoms with E-state index < -0.39 is 4.92 Å². The van der Waals surface area contributed by atoms with Crippen LogP contribution in [0.2, 0.25) is 0 Å². The Morgan fingerprint density at radius 1 is 1.12 bits per heavy atom. The molecule has 8 nitrogen and oxygen atoms in total. The molecular formula is C17H21IN4O4. The summed E-state index contributed by atoms with van der Waals surface area (Å²) in [5, 5.41) is 13.6. The summed E-state index contributed by atoms with van der Waals surface area (Å²) >= 11 is 0. The molecule has 2 rings (SSSR count). The van der Waals surface area contributed by atoms with Gasteiger partial charge in [0.15, 0.2) is 17.5 Å². The van der Waals surface area contributed by atoms with Crippen molar-refractivity contribution in [3.63, 3.8) is 0 Å². The summed E-state index contributed by atoms with van der Waals surface area (Å²) in [5.74, 6) is 1.57. The third kappa shape index (κ3) is 6.06. The second-order valence-electron chi connectivity index (χ2n) is 5.17. The molecule has 0 amide bonds. The highest BCUT2D eigenvalue weighted by Gasteiger charge is 2.05. The van der Waals surface area contributed by atoms with E-state index in [1.54, 1.807) is 26.4 Å². The van der Waals surface area contributed by atoms with Crippen molar-refractivity contribution in [2.75, 3.05) is 14.2 Å². The van der Waals surface area contributed by atoms with E-state index in [0.29, 0.717) is 24.6 Å². The van der Waals surface area contributed by atoms with Gasteiger partial charge in [-0.1, -0.05) is 18.2 Å². The number of hydrogen-bond acceptors (Lipinski definition) is 5. The van der Waals surface area contributed by atoms with E-state index in [0.717, 1.165) is 11.1 Å². The Bertz CT molecular complexity index is 766. The molecule has 0 heterocycles. The van der Waals surface area contributed by atoms with Gasteiger partial charge in [0, 0.05) is 18.7 Å². The number of ether oxygens (including phenoxy) is 2. The van der Waals surface area contributed by atoms with Crippen molar-refractivity contribution in [3.05, 3.63) is 63.7 Å². The normalized spacial score (nSPS) is 10.6. The molecule has 0 aromatic heterocycles. The molecule has 0 aliphatic carbocycles. The number of nitro groups is 1. The smallest absolute Gasteiger partial charge is 0.269 e. The third-order valence-electron chi connectivity index (χ3n) is 3.50. The highest BCUT2D eigenvalue weighted by molar-refractivity contribution is 14.0. The quantitative estimate of drug-likeness (QED) is 0.211. The van der Waals surface area contributed by atoms with Crippen LogP contribution in [0.3, 0.4) is 0 Å². The van der Waals surface area contributed by atoms with Crippen LogP contribution in [0.25, 0.3) is 0 Å². The first-order valence-corrected chi connectivity index (χ1v) is 7.51. The van der Waals surface area contributed by atoms with Crippen LogP contribution in [-0.4, -0.2) is 25.1 Å². The Hall–Kier alpha value is -2.56. The zero-order valence-corrected chi connectivity index (χ0v) is 16.8. The van der Waals surface area contributed by atoms with E-state index in [1.165, 1.54) is 12.1 Å². The minimum Gasteiger partial charge on any atom is -0.493 e. The third-order valence-corrected chi connectivity index (χ3v) is 3.50. The molecule has 2 aromatic rings. The number of methoxy groups -OCH3 is 2. The van der Waals surface area contributed by atoms with Crippen LogP contribution in [0.1, 0.15) is 11.1 Å². The summed E-state index contributed by atoms with van der Waals surface area (Å²) in [6.07, 6.45) is 0. The maximum Gasteiger partial charge on any atom is 0.269 e. The predicted octanol–water partition coefficient (Wildman–Crippen LogP) is 2.83. The monoisotopic (exact) mass is 472 g/mol. The van der Waals surface area contributed by atoms with Gasteiger partial charge in [-0.25, -0.2) is 4.99 Å². The molecule has 9 heteroatoms. The Balaban J connectivity index is 0.00000338. The van der Waals surface area contributed by atoms with Gasteiger partial charge in [-0.2, -0.15) is 0 Å². The van der Waals surface area contributed by atoms with Crippen LogP contribution in [0, 0.1) is 10.1 Å². The maximum atomic E-state index is 10.6. The average molecular weight is 472 g/mol. The fourth-order valence-electron chi connectivity index (χ4n) is 2.14. The second-order valence-corrected chi connectivity index (χ2v) is 5.17. The number of non-ortho nitro benzene ring substituents is 1. The van der Waals surface area contributed by atoms with E-state index in [4.69, 9.17) is 15.2 Å². The van der Waals surface area contributed by atoms with Crippen LogP contribution >= 0.6 is 24.0 Å². The number of hydrogen-bond donors (Lipinski definition) is 2. The molecule has 0 atom stereocenters. The maximum absolute atomic E-state index is 10.6. The van der Waals surface area contributed by atoms with Crippen molar-refractivity contribution in [2.24, 2.45) is 10.7 Å². The summed E-state index contributed by atoms with van der Waals surface area (Å²) in [6, 6.07) is 11.8. The fourth-order valence-corrected chi connectivity index (χ4v) is 2.14. The first-order valence-electron chi connectivity index (χ1n) is 7.51. The molecule has 2 aromatic carbocycles. The first kappa shape index (κ1) is 21.5. The summed E-state index contributed by atoms with van der Waals surface area (Å²) in [5.41, 5.74) is 7.70. The van der Waals surface area contributed by atoms with Gasteiger partial charge in [0.1, 0.15) is 0 Å². The Morgan fingerprint density at radius 3 is 2.31 bits per heavy atom. The summed E-state index contributed by atoms with van der Waals surface area (Å²) in [4.78, 5) is 14.4. The summed E-state index contributed by atoms with van der Waals surface area (Å²) in [7, 11) is 3.15. The van der Waals surface area contributed by atoms with Crippen molar-refractivity contribution in [1.29, 1.82) is 0 Å². The minimum absolute atomic E-state index is 0. The lowest BCUT2D eigenvalue weighted by atomic mass is 10.2. The van der Waals surface area contributed by atoms with Gasteiger partial charge in [0.2, 0.25) is 0 Å². The summed E-state index contributed by atoms with van der Waals surface area (Å²) in [6.45, 7) is 0.818. The van der Waals surface area contributed by atoms with Gasteiger partial charge < -0.3 is 20.5 Å². The zero-order chi connectivity index (χ0) is 18.2. The number of aliphatic imine (C=N–C) groups is 1. The second kappa shape index (κ2) is 10.4. The molecule has 0 bridgehead atoms. The molecule has 26 heavy (non-hydrogen) atoms. The van der Waals surface area contributed by atoms with Crippen LogP contribution in [0.5, 0.6) is 11.5 Å². The van der Waals surface area contributed by atoms with Crippen LogP contribution in [0.4, 0.5) is 5.69 Å². The predicted molar refractivity (Wildman–Crippen MR) is 110 cm³/mol. The number of guanidine groups is 1. The first-order chi connectivity index (χ1) is 12.0. The molecule has 140 valence electrons. The zero-order valence-electron chi connectivity index (χ0n) is 14.5. The van der Waals surface area contributed by atoms with Crippen molar-refractivity contribution in [2.45, 2.75) is 13.1 Å². The van der Waals surface area contributed by atoms with E-state index in [2.05, 4.69) is 10.3 Å². The van der Waals surface area contributed by atoms with Crippen molar-refractivity contribution in [1.82, 2.24) is 5.32 Å². The standard InChI is InChI=1S/C17H20N4O4.HI/c1-24-15-8-5-13(9-16(15)25-2)11-20-17(18)19-10-12-3-6-14(7-4-12)21(22)23;/h3-9H,10-11H2,1-2H3,(H3,18,19,20);1H. The fraction of sp³-hybridized carbons (Fsp3) is 0.235. The molecule has 0 radical (unpaired) electrons. The molecule has 0 saturated heterocycles. The van der Waals surface area contributed by atoms with E-state index in [-0.39, 0.29) is 35.6 Å². The number of benzene rings is 2. The lowest BCUT2D eigenvalue weighted by Gasteiger charge is -2.09. The average Bonchev–Trinajstić information content (AvgIpc) is 2.64. The molecule has 0 aliphatic rings. The SMILES string of the molecule is COc1ccc(CN=C(N)NCc2ccc([N+](=O)[O-])cc2)cc1OC.I. The van der Waals surface area contributed by atoms with Crippen molar-refractivity contribution < 1.29 is 14.4 Å². The highest BCUT2D eigenvalue weighted by Crippen LogP contribution is 2.27. The number of halogens is 1. The van der Waals surface area contributed by atoms with Gasteiger partial charge >= 0.3 is 0 Å². The van der Waals surface area contributed by atoms with Crippen molar-refractivity contribution in [3.8, 4) is 11.5 Å². The molecule has 0 saturated carbocycles. The van der Waals surface area contributed by atoms with Crippen LogP contribution < -0.4 is 20.5 Å². The minimum atomic E-state index is -0.434. The van der Waals surface area contributed by atoms with Crippen LogP contribution in [0.15, 0.2) is 47.5 Å². The number of nitrogens with zero attached hydrogens (tertiary/aromatic N) is 2. The Kier molecular flexibility index (Phi) is 8.62. The molecule has 0 spiro atoms. The molecule has 0 unspecified atom stereocenters. The van der Waals surface area contributed by atoms with Gasteiger partial charge in [-0.15, -0.1) is 24.0 Å². The summed E-state index contributed by atoms with van der Waals surface area (Å²) < 4.78 is 10.4. The molecular weight excluding hydrogens is 451 g/mol. The number of rotatable bonds is 7. The lowest BCUT2D eigenvalue weighted by molar-refractivity contribution is -0.384. The van der Waals surface area contributed by atoms with Gasteiger partial charge in [-0.3, -0.25) is 10.1 Å². The largest absolute Gasteiger partial charge is 0.493 e. The number of nitrogens with one attached hydrogen (secondary N) is 1. The lowest BCUT2D eigenvalue weighted by Crippen LogP contribution is -2.31. The molecule has 0 aliphatic heterocycles. The number of nitro benzene ring substituents is 1. The van der Waals surface area contributed by atoms with Crippen LogP contribution in [-0.2, 0) is 13.1 Å². The highest BCUT2D eigenvalue weighted by atomic mass is 127. The van der Waals surface area contributed by atoms with E-state index >= 15 is 0 Å². The Labute approximate surface area is 168 Å². The Morgan fingerprint density at radius 2 is 1.73 bits per heavy atom.